The minimum atomic E-state index is -3.30. The molecular formula is C16H10F3N3O. The van der Waals surface area contributed by atoms with E-state index >= 15 is 0 Å². The van der Waals surface area contributed by atoms with Crippen LogP contribution in [-0.2, 0) is 6.42 Å². The standard InChI is InChI=1S/C16H10F3N3O/c17-12-2-1-11(5-9(12)6-20)22-8-10(7-21)14-13(22)3-4-16(18,19)15(14)23/h1-2,5,8,15,23H,3-4H2. The molecule has 0 spiro atoms. The number of aliphatic hydroxyl groups is 1. The Hall–Kier alpha value is -2.77. The van der Waals surface area contributed by atoms with E-state index in [9.17, 15) is 18.3 Å². The van der Waals surface area contributed by atoms with Crippen molar-refractivity contribution < 1.29 is 18.3 Å². The van der Waals surface area contributed by atoms with Crippen LogP contribution in [0, 0.1) is 28.5 Å². The summed E-state index contributed by atoms with van der Waals surface area (Å²) >= 11 is 0. The fourth-order valence-electron chi connectivity index (χ4n) is 2.82. The second kappa shape index (κ2) is 5.15. The molecular weight excluding hydrogens is 307 g/mol. The number of aliphatic hydroxyl groups excluding tert-OH is 1. The predicted molar refractivity (Wildman–Crippen MR) is 73.4 cm³/mol. The second-order valence-electron chi connectivity index (χ2n) is 5.32. The van der Waals surface area contributed by atoms with Gasteiger partial charge in [-0.1, -0.05) is 0 Å². The summed E-state index contributed by atoms with van der Waals surface area (Å²) < 4.78 is 42.3. The molecule has 1 atom stereocenters. The molecule has 0 saturated carbocycles. The van der Waals surface area contributed by atoms with E-state index in [4.69, 9.17) is 10.5 Å². The van der Waals surface area contributed by atoms with Crippen LogP contribution in [0.5, 0.6) is 0 Å². The summed E-state index contributed by atoms with van der Waals surface area (Å²) in [4.78, 5) is 0. The molecule has 0 amide bonds. The van der Waals surface area contributed by atoms with Crippen LogP contribution in [0.25, 0.3) is 5.69 Å². The van der Waals surface area contributed by atoms with Crippen molar-refractivity contribution >= 4 is 0 Å². The van der Waals surface area contributed by atoms with Crippen LogP contribution in [0.3, 0.4) is 0 Å². The maximum Gasteiger partial charge on any atom is 0.278 e. The van der Waals surface area contributed by atoms with Crippen LogP contribution < -0.4 is 0 Å². The van der Waals surface area contributed by atoms with Crippen LogP contribution in [-0.4, -0.2) is 15.6 Å². The molecule has 0 fully saturated rings. The predicted octanol–water partition coefficient (Wildman–Crippen LogP) is 2.97. The van der Waals surface area contributed by atoms with E-state index in [1.807, 2.05) is 0 Å². The number of nitriles is 2. The SMILES string of the molecule is N#Cc1cc(-n2cc(C#N)c3c2CCC(F)(F)C3O)ccc1F. The molecule has 1 aromatic heterocycles. The fourth-order valence-corrected chi connectivity index (χ4v) is 2.82. The lowest BCUT2D eigenvalue weighted by Crippen LogP contribution is -2.32. The van der Waals surface area contributed by atoms with E-state index in [0.29, 0.717) is 11.4 Å². The van der Waals surface area contributed by atoms with Gasteiger partial charge in [0.15, 0.2) is 0 Å². The molecule has 1 heterocycles. The lowest BCUT2D eigenvalue weighted by molar-refractivity contribution is -0.122. The molecule has 7 heteroatoms. The average molecular weight is 317 g/mol. The Morgan fingerprint density at radius 1 is 1.22 bits per heavy atom. The van der Waals surface area contributed by atoms with Crippen LogP contribution in [0.2, 0.25) is 0 Å². The number of halogens is 3. The normalized spacial score (nSPS) is 18.8. The van der Waals surface area contributed by atoms with Crippen molar-refractivity contribution in [2.24, 2.45) is 0 Å². The topological polar surface area (TPSA) is 72.7 Å². The first-order chi connectivity index (χ1) is 10.9. The number of hydrogen-bond donors (Lipinski definition) is 1. The summed E-state index contributed by atoms with van der Waals surface area (Å²) in [6.45, 7) is 0. The van der Waals surface area contributed by atoms with Gasteiger partial charge >= 0.3 is 0 Å². The van der Waals surface area contributed by atoms with Gasteiger partial charge in [-0.2, -0.15) is 10.5 Å². The molecule has 0 radical (unpaired) electrons. The lowest BCUT2D eigenvalue weighted by atomic mass is 9.89. The number of aromatic nitrogens is 1. The van der Waals surface area contributed by atoms with Crippen molar-refractivity contribution in [3.05, 3.63) is 52.6 Å². The summed E-state index contributed by atoms with van der Waals surface area (Å²) in [5, 5.41) is 27.9. The second-order valence-corrected chi connectivity index (χ2v) is 5.32. The zero-order chi connectivity index (χ0) is 16.8. The zero-order valence-electron chi connectivity index (χ0n) is 11.7. The van der Waals surface area contributed by atoms with Gasteiger partial charge in [0.1, 0.15) is 24.1 Å². The molecule has 1 N–H and O–H groups in total. The number of benzene rings is 1. The van der Waals surface area contributed by atoms with Gasteiger partial charge in [0, 0.05) is 29.6 Å². The Balaban J connectivity index is 2.21. The highest BCUT2D eigenvalue weighted by molar-refractivity contribution is 5.51. The molecule has 1 aliphatic rings. The zero-order valence-corrected chi connectivity index (χ0v) is 11.7. The molecule has 1 aromatic carbocycles. The highest BCUT2D eigenvalue weighted by Gasteiger charge is 2.46. The number of rotatable bonds is 1. The number of nitrogens with zero attached hydrogens (tertiary/aromatic N) is 3. The maximum atomic E-state index is 13.7. The molecule has 23 heavy (non-hydrogen) atoms. The van der Waals surface area contributed by atoms with Gasteiger partial charge < -0.3 is 9.67 Å². The van der Waals surface area contributed by atoms with Gasteiger partial charge in [0.05, 0.1) is 11.1 Å². The fraction of sp³-hybridized carbons (Fsp3) is 0.250. The Labute approximate surface area is 129 Å². The first-order valence-electron chi connectivity index (χ1n) is 6.79. The summed E-state index contributed by atoms with van der Waals surface area (Å²) in [5.41, 5.74) is 0.389. The maximum absolute atomic E-state index is 13.7. The van der Waals surface area contributed by atoms with Gasteiger partial charge in [-0.25, -0.2) is 13.2 Å². The molecule has 0 saturated heterocycles. The Bertz CT molecular complexity index is 874. The Morgan fingerprint density at radius 2 is 1.91 bits per heavy atom. The molecule has 0 bridgehead atoms. The molecule has 2 aromatic rings. The minimum Gasteiger partial charge on any atom is -0.382 e. The molecule has 1 aliphatic carbocycles. The van der Waals surface area contributed by atoms with Gasteiger partial charge in [-0.15, -0.1) is 0 Å². The molecule has 4 nitrogen and oxygen atoms in total. The van der Waals surface area contributed by atoms with Gasteiger partial charge in [-0.3, -0.25) is 0 Å². The monoisotopic (exact) mass is 317 g/mol. The summed E-state index contributed by atoms with van der Waals surface area (Å²) in [6.07, 6.45) is -1.33. The van der Waals surface area contributed by atoms with E-state index in [1.165, 1.54) is 22.9 Å². The van der Waals surface area contributed by atoms with Crippen LogP contribution in [0.4, 0.5) is 13.2 Å². The van der Waals surface area contributed by atoms with E-state index in [-0.39, 0.29) is 23.1 Å². The first-order valence-corrected chi connectivity index (χ1v) is 6.79. The molecule has 116 valence electrons. The van der Waals surface area contributed by atoms with Crippen LogP contribution in [0.1, 0.15) is 34.9 Å². The third-order valence-electron chi connectivity index (χ3n) is 3.99. The van der Waals surface area contributed by atoms with Gasteiger partial charge in [0.25, 0.3) is 5.92 Å². The third kappa shape index (κ3) is 2.26. The smallest absolute Gasteiger partial charge is 0.278 e. The summed E-state index contributed by atoms with van der Waals surface area (Å²) in [6, 6.07) is 7.26. The van der Waals surface area contributed by atoms with Crippen molar-refractivity contribution in [2.75, 3.05) is 0 Å². The van der Waals surface area contributed by atoms with Gasteiger partial charge in [0.2, 0.25) is 0 Å². The van der Waals surface area contributed by atoms with E-state index < -0.39 is 24.3 Å². The van der Waals surface area contributed by atoms with E-state index in [0.717, 1.165) is 6.07 Å². The van der Waals surface area contributed by atoms with Crippen molar-refractivity contribution in [3.8, 4) is 17.8 Å². The molecule has 3 rings (SSSR count). The largest absolute Gasteiger partial charge is 0.382 e. The number of hydrogen-bond acceptors (Lipinski definition) is 3. The Morgan fingerprint density at radius 3 is 2.57 bits per heavy atom. The van der Waals surface area contributed by atoms with Crippen LogP contribution >= 0.6 is 0 Å². The molecule has 1 unspecified atom stereocenters. The Kier molecular flexibility index (Phi) is 3.39. The lowest BCUT2D eigenvalue weighted by Gasteiger charge is -2.28. The van der Waals surface area contributed by atoms with E-state index in [1.54, 1.807) is 12.1 Å². The van der Waals surface area contributed by atoms with Crippen LogP contribution in [0.15, 0.2) is 24.4 Å². The third-order valence-corrected chi connectivity index (χ3v) is 3.99. The number of alkyl halides is 2. The highest BCUT2D eigenvalue weighted by Crippen LogP contribution is 2.44. The minimum absolute atomic E-state index is 0.0413. The number of fused-ring (bicyclic) bond motifs is 1. The quantitative estimate of drug-likeness (QED) is 0.879. The van der Waals surface area contributed by atoms with Crippen molar-refractivity contribution in [2.45, 2.75) is 24.9 Å². The molecule has 0 aliphatic heterocycles. The van der Waals surface area contributed by atoms with Gasteiger partial charge in [-0.05, 0) is 24.6 Å². The summed E-state index contributed by atoms with van der Waals surface area (Å²) in [7, 11) is 0. The van der Waals surface area contributed by atoms with Crippen molar-refractivity contribution in [1.82, 2.24) is 4.57 Å². The average Bonchev–Trinajstić information content (AvgIpc) is 2.91. The van der Waals surface area contributed by atoms with Crippen molar-refractivity contribution in [1.29, 1.82) is 10.5 Å². The summed E-state index contributed by atoms with van der Waals surface area (Å²) in [5.74, 6) is -3.99. The highest BCUT2D eigenvalue weighted by atomic mass is 19.3. The first kappa shape index (κ1) is 15.1. The van der Waals surface area contributed by atoms with Crippen molar-refractivity contribution in [3.63, 3.8) is 0 Å². The van der Waals surface area contributed by atoms with E-state index in [2.05, 4.69) is 0 Å².